The molecule has 0 amide bonds. The molecule has 2 aliphatic rings. The van der Waals surface area contributed by atoms with Crippen molar-refractivity contribution in [2.45, 2.75) is 466 Å². The fraction of sp³-hybridized carbons (Fsp3) is 0.889. The molecule has 2 rings (SSSR count). The summed E-state index contributed by atoms with van der Waals surface area (Å²) in [5.74, 6) is 6.16. The predicted octanol–water partition coefficient (Wildman–Crippen LogP) is 27.4. The molecular weight excluding hydrogens is 1080 g/mol. The molecular formula is C81H164O3Si2. The Bertz CT molecular complexity index is 1340. The van der Waals surface area contributed by atoms with Gasteiger partial charge in [-0.3, -0.25) is 4.79 Å². The van der Waals surface area contributed by atoms with Crippen molar-refractivity contribution < 1.29 is 14.3 Å². The summed E-state index contributed by atoms with van der Waals surface area (Å²) in [6, 6.07) is 4.44. The number of rotatable bonds is 55. The van der Waals surface area contributed by atoms with Crippen LogP contribution in [0.4, 0.5) is 0 Å². The normalized spacial score (nSPS) is 14.5. The number of hydrogen-bond donors (Lipinski definition) is 0. The van der Waals surface area contributed by atoms with Crippen LogP contribution < -0.4 is 0 Å². The van der Waals surface area contributed by atoms with Gasteiger partial charge in [0.2, 0.25) is 0 Å². The fourth-order valence-corrected chi connectivity index (χ4v) is 12.6. The summed E-state index contributed by atoms with van der Waals surface area (Å²) in [7, 11) is 1.70. The summed E-state index contributed by atoms with van der Waals surface area (Å²) in [6.45, 7) is 24.3. The van der Waals surface area contributed by atoms with Crippen LogP contribution in [0.1, 0.15) is 430 Å². The molecule has 514 valence electrons. The zero-order valence-corrected chi connectivity index (χ0v) is 64.3. The number of allylic oxidation sites excluding steroid dienone is 6. The van der Waals surface area contributed by atoms with Gasteiger partial charge in [0.15, 0.2) is 5.79 Å². The molecule has 0 N–H and O–H groups in total. The first kappa shape index (κ1) is 93.5. The molecule has 0 aromatic heterocycles. The highest BCUT2D eigenvalue weighted by molar-refractivity contribution is 6.35. The monoisotopic (exact) mass is 1240 g/mol. The van der Waals surface area contributed by atoms with Crippen LogP contribution >= 0.6 is 0 Å². The van der Waals surface area contributed by atoms with E-state index in [1.165, 1.54) is 331 Å². The zero-order valence-electron chi connectivity index (χ0n) is 60.9. The Labute approximate surface area is 551 Å². The number of carbonyl (C=O) groups is 1. The molecule has 2 unspecified atom stereocenters. The Morgan fingerprint density at radius 3 is 1.08 bits per heavy atom. The van der Waals surface area contributed by atoms with Crippen molar-refractivity contribution >= 4 is 25.5 Å². The number of hydrogen-bond acceptors (Lipinski definition) is 3. The number of ether oxygens (including phenoxy) is 2. The van der Waals surface area contributed by atoms with Crippen molar-refractivity contribution in [3.8, 4) is 11.8 Å². The van der Waals surface area contributed by atoms with E-state index >= 15 is 0 Å². The maximum absolute atomic E-state index is 11.6. The van der Waals surface area contributed by atoms with Crippen molar-refractivity contribution in [1.29, 1.82) is 0 Å². The van der Waals surface area contributed by atoms with Crippen LogP contribution in [-0.2, 0) is 14.3 Å². The molecule has 0 spiro atoms. The SMILES string of the molecule is C.C1=CCC=C1.CC#CCCCCCCCCC.CCCCCCCCCC1OC(C)(C)OC1CCCCCCC.CCCCCCCCCC=CC[SiH3].CCCCCCCCCCC(=O)CCCCCCC.CCCCCCCCCC[SiH2]CC. The lowest BCUT2D eigenvalue weighted by Crippen LogP contribution is -2.22. The number of Topliss-reactive ketones (excluding diaryl/α,β-unsaturated/α-hetero) is 1. The molecule has 3 nitrogen and oxygen atoms in total. The molecule has 1 fully saturated rings. The highest BCUT2D eigenvalue weighted by Crippen LogP contribution is 2.34. The molecule has 1 aliphatic carbocycles. The average molecular weight is 1240 g/mol. The quantitative estimate of drug-likeness (QED) is 0.0263. The fourth-order valence-electron chi connectivity index (χ4n) is 11.1. The summed E-state index contributed by atoms with van der Waals surface area (Å²) in [5.41, 5.74) is 0. The molecule has 1 aliphatic heterocycles. The van der Waals surface area contributed by atoms with E-state index in [2.05, 4.69) is 118 Å². The highest BCUT2D eigenvalue weighted by atomic mass is 28.2. The number of carbonyl (C=O) groups excluding carboxylic acids is 1. The van der Waals surface area contributed by atoms with Crippen molar-refractivity contribution in [3.05, 3.63) is 36.5 Å². The second kappa shape index (κ2) is 85.9. The second-order valence-electron chi connectivity index (χ2n) is 26.1. The van der Waals surface area contributed by atoms with Gasteiger partial charge in [-0.25, -0.2) is 0 Å². The predicted molar refractivity (Wildman–Crippen MR) is 404 cm³/mol. The summed E-state index contributed by atoms with van der Waals surface area (Å²) < 4.78 is 12.3. The van der Waals surface area contributed by atoms with Gasteiger partial charge in [-0.2, -0.15) is 0 Å². The van der Waals surface area contributed by atoms with Crippen LogP contribution in [0, 0.1) is 11.8 Å². The van der Waals surface area contributed by atoms with Crippen LogP contribution in [0.25, 0.3) is 0 Å². The first-order valence-electron chi connectivity index (χ1n) is 38.9. The van der Waals surface area contributed by atoms with E-state index < -0.39 is 0 Å². The topological polar surface area (TPSA) is 35.5 Å². The lowest BCUT2D eigenvalue weighted by atomic mass is 10.00. The van der Waals surface area contributed by atoms with Gasteiger partial charge < -0.3 is 9.47 Å². The summed E-state index contributed by atoms with van der Waals surface area (Å²) in [6.07, 6.45) is 85.9. The van der Waals surface area contributed by atoms with Gasteiger partial charge >= 0.3 is 0 Å². The maximum Gasteiger partial charge on any atom is 0.163 e. The summed E-state index contributed by atoms with van der Waals surface area (Å²) in [4.78, 5) is 11.6. The molecule has 86 heavy (non-hydrogen) atoms. The Kier molecular flexibility index (Phi) is 93.4. The van der Waals surface area contributed by atoms with Crippen LogP contribution in [0.5, 0.6) is 0 Å². The van der Waals surface area contributed by atoms with Crippen LogP contribution in [0.2, 0.25) is 18.1 Å². The van der Waals surface area contributed by atoms with Crippen LogP contribution in [0.3, 0.4) is 0 Å². The molecule has 0 aromatic carbocycles. The molecule has 0 bridgehead atoms. The van der Waals surface area contributed by atoms with E-state index in [0.29, 0.717) is 27.5 Å². The first-order valence-corrected chi connectivity index (χ1v) is 42.3. The van der Waals surface area contributed by atoms with Crippen LogP contribution in [-0.4, -0.2) is 43.5 Å². The molecule has 0 saturated carbocycles. The van der Waals surface area contributed by atoms with Gasteiger partial charge in [0.05, 0.1) is 12.2 Å². The van der Waals surface area contributed by atoms with Crippen molar-refractivity contribution in [2.24, 2.45) is 0 Å². The lowest BCUT2D eigenvalue weighted by Gasteiger charge is -2.16. The minimum Gasteiger partial charge on any atom is -0.345 e. The van der Waals surface area contributed by atoms with Gasteiger partial charge in [-0.05, 0) is 78.2 Å². The minimum absolute atomic E-state index is 0. The average Bonchev–Trinajstić information content (AvgIpc) is 3.26. The van der Waals surface area contributed by atoms with Crippen molar-refractivity contribution in [2.75, 3.05) is 0 Å². The third-order valence-electron chi connectivity index (χ3n) is 16.7. The Hall–Kier alpha value is -1.20. The molecule has 1 saturated heterocycles. The third-order valence-corrected chi connectivity index (χ3v) is 18.8. The lowest BCUT2D eigenvalue weighted by molar-refractivity contribution is -0.147. The standard InChI is InChI=1S/C21H42O2.C18H36O.C12H28Si.C12H26Si.C12H22.C5H6.CH4/c1-5-7-9-11-12-14-16-18-20-19(22-21(3,4)23-20)17-15-13-10-8-6-2;1-3-5-7-9-10-11-13-15-17-18(19)16-14-12-8-6-4-2;1-3-5-6-7-8-9-10-11-12-13-4-2;1-2-3-4-5-6-7-8-9-10-11-12-13;1-3-5-7-9-11-12-10-8-6-4-2;1-2-4-5-3-1;/h19-20H,5-18H2,1-4H3;3-17H2,1-2H3;3-13H2,1-2H3;10-11H,2-9,12H2,1,13H3;3,5,7-12H2,1-2H3;1-4H,5H2;1H4. The van der Waals surface area contributed by atoms with E-state index in [1.807, 2.05) is 6.92 Å². The number of ketones is 1. The van der Waals surface area contributed by atoms with E-state index in [4.69, 9.17) is 9.47 Å². The van der Waals surface area contributed by atoms with E-state index in [1.54, 1.807) is 6.04 Å². The Morgan fingerprint density at radius 1 is 0.453 bits per heavy atom. The van der Waals surface area contributed by atoms with Gasteiger partial charge in [0, 0.05) is 39.0 Å². The number of unbranched alkanes of at least 4 members (excludes halogenated alkanes) is 42. The van der Waals surface area contributed by atoms with Crippen molar-refractivity contribution in [3.63, 3.8) is 0 Å². The molecule has 2 atom stereocenters. The summed E-state index contributed by atoms with van der Waals surface area (Å²) in [5, 5.41) is 0. The molecule has 5 heteroatoms. The smallest absolute Gasteiger partial charge is 0.163 e. The zero-order chi connectivity index (χ0) is 63.3. The minimum atomic E-state index is -0.375. The van der Waals surface area contributed by atoms with Gasteiger partial charge in [-0.15, -0.1) is 11.8 Å². The molecule has 1 heterocycles. The van der Waals surface area contributed by atoms with Gasteiger partial charge in [-0.1, -0.05) is 387 Å². The highest BCUT2D eigenvalue weighted by Gasteiger charge is 2.40. The third kappa shape index (κ3) is 87.0. The maximum atomic E-state index is 11.6. The van der Waals surface area contributed by atoms with E-state index in [9.17, 15) is 4.79 Å². The second-order valence-corrected chi connectivity index (χ2v) is 29.3. The summed E-state index contributed by atoms with van der Waals surface area (Å²) >= 11 is 0. The Balaban J connectivity index is -0.000000317. The first-order chi connectivity index (χ1) is 41.6. The largest absolute Gasteiger partial charge is 0.345 e. The van der Waals surface area contributed by atoms with Crippen molar-refractivity contribution in [1.82, 2.24) is 0 Å². The van der Waals surface area contributed by atoms with E-state index in [-0.39, 0.29) is 13.2 Å². The van der Waals surface area contributed by atoms with Gasteiger partial charge in [0.1, 0.15) is 5.78 Å². The van der Waals surface area contributed by atoms with Gasteiger partial charge in [0.25, 0.3) is 0 Å². The van der Waals surface area contributed by atoms with Crippen LogP contribution in [0.15, 0.2) is 36.5 Å². The molecule has 0 radical (unpaired) electrons. The van der Waals surface area contributed by atoms with E-state index in [0.717, 1.165) is 38.5 Å². The molecule has 0 aromatic rings. The Morgan fingerprint density at radius 2 is 0.767 bits per heavy atom.